The highest BCUT2D eigenvalue weighted by Crippen LogP contribution is 2.39. The van der Waals surface area contributed by atoms with Crippen LogP contribution in [-0.4, -0.2) is 38.9 Å². The molecule has 1 saturated heterocycles. The third-order valence-electron chi connectivity index (χ3n) is 5.83. The first-order valence-corrected chi connectivity index (χ1v) is 11.4. The highest BCUT2D eigenvalue weighted by Gasteiger charge is 2.56. The fourth-order valence-electron chi connectivity index (χ4n) is 4.06. The molecule has 4 amide bonds. The van der Waals surface area contributed by atoms with Crippen LogP contribution in [0.1, 0.15) is 19.4 Å². The number of rotatable bonds is 5. The maximum absolute atomic E-state index is 13.7. The van der Waals surface area contributed by atoms with Crippen LogP contribution < -0.4 is 10.2 Å². The van der Waals surface area contributed by atoms with Crippen molar-refractivity contribution in [2.45, 2.75) is 32.1 Å². The number of urea groups is 2. The van der Waals surface area contributed by atoms with Crippen LogP contribution in [0.5, 0.6) is 0 Å². The number of hydroxylamine groups is 2. The summed E-state index contributed by atoms with van der Waals surface area (Å²) in [5.41, 5.74) is 0.922. The van der Waals surface area contributed by atoms with Gasteiger partial charge in [0.05, 0.1) is 5.54 Å². The predicted molar refractivity (Wildman–Crippen MR) is 133 cm³/mol. The van der Waals surface area contributed by atoms with Crippen LogP contribution in [0.15, 0.2) is 78.9 Å². The molecule has 9 heteroatoms. The summed E-state index contributed by atoms with van der Waals surface area (Å²) in [6, 6.07) is 21.6. The van der Waals surface area contributed by atoms with Crippen molar-refractivity contribution in [3.8, 4) is 0 Å². The van der Waals surface area contributed by atoms with Gasteiger partial charge in [0, 0.05) is 28.0 Å². The smallest absolute Gasteiger partial charge is 0.311 e. The fourth-order valence-corrected chi connectivity index (χ4v) is 4.31. The minimum atomic E-state index is -1.03. The van der Waals surface area contributed by atoms with Crippen LogP contribution in [0.25, 0.3) is 0 Å². The van der Waals surface area contributed by atoms with Crippen molar-refractivity contribution in [1.82, 2.24) is 9.96 Å². The van der Waals surface area contributed by atoms with E-state index < -0.39 is 17.7 Å². The second-order valence-electron chi connectivity index (χ2n) is 8.51. The molecule has 2 N–H and O–H groups in total. The minimum Gasteiger partial charge on any atom is -0.311 e. The number of hydrogen-bond acceptors (Lipinski definition) is 3. The molecule has 0 aliphatic carbocycles. The molecule has 1 fully saturated rings. The largest absolute Gasteiger partial charge is 0.347 e. The third kappa shape index (κ3) is 4.68. The number of nitrogens with zero attached hydrogens (tertiary/aromatic N) is 3. The summed E-state index contributed by atoms with van der Waals surface area (Å²) in [5, 5.41) is 15.3. The molecule has 1 aliphatic rings. The Kier molecular flexibility index (Phi) is 6.70. The molecule has 0 saturated carbocycles. The maximum atomic E-state index is 13.7. The van der Waals surface area contributed by atoms with Crippen molar-refractivity contribution in [3.63, 3.8) is 0 Å². The zero-order valence-electron chi connectivity index (χ0n) is 18.7. The molecule has 1 heterocycles. The molecule has 7 nitrogen and oxygen atoms in total. The second kappa shape index (κ2) is 9.54. The first-order valence-electron chi connectivity index (χ1n) is 10.6. The Hall–Kier alpha value is -3.26. The van der Waals surface area contributed by atoms with Gasteiger partial charge in [-0.05, 0) is 67.9 Å². The topological polar surface area (TPSA) is 76.1 Å². The van der Waals surface area contributed by atoms with E-state index in [2.05, 4.69) is 5.32 Å². The average Bonchev–Trinajstić information content (AvgIpc) is 3.01. The van der Waals surface area contributed by atoms with Crippen molar-refractivity contribution in [2.24, 2.45) is 0 Å². The van der Waals surface area contributed by atoms with Crippen LogP contribution in [0.3, 0.4) is 0 Å². The van der Waals surface area contributed by atoms with Crippen LogP contribution in [0, 0.1) is 0 Å². The van der Waals surface area contributed by atoms with E-state index in [1.165, 1.54) is 4.90 Å². The summed E-state index contributed by atoms with van der Waals surface area (Å²) < 4.78 is 0. The molecule has 3 aromatic rings. The first kappa shape index (κ1) is 23.9. The highest BCUT2D eigenvalue weighted by molar-refractivity contribution is 6.31. The van der Waals surface area contributed by atoms with E-state index in [4.69, 9.17) is 23.2 Å². The number of hydrogen-bond donors (Lipinski definition) is 2. The molecule has 176 valence electrons. The summed E-state index contributed by atoms with van der Waals surface area (Å²) in [6.07, 6.45) is -1.03. The van der Waals surface area contributed by atoms with E-state index >= 15 is 0 Å². The number of amides is 4. The molecule has 0 spiro atoms. The summed E-state index contributed by atoms with van der Waals surface area (Å²) >= 11 is 12.0. The van der Waals surface area contributed by atoms with Gasteiger partial charge in [-0.2, -0.15) is 5.06 Å². The van der Waals surface area contributed by atoms with Crippen molar-refractivity contribution in [3.05, 3.63) is 94.5 Å². The molecular weight excluding hydrogens is 475 g/mol. The standard InChI is InChI=1S/C25H24Cl2N4O3/c1-25(2)22(31(34)23(32)28-20-12-8-18(26)9-13-20)30(21-14-10-19(27)11-15-21)24(33)29(25)16-17-6-4-3-5-7-17/h3-15,22,34H,16H2,1-2H3,(H,28,32)/t22-/m0/s1. The van der Waals surface area contributed by atoms with Crippen molar-refractivity contribution >= 4 is 46.6 Å². The third-order valence-corrected chi connectivity index (χ3v) is 6.34. The first-order chi connectivity index (χ1) is 16.2. The van der Waals surface area contributed by atoms with Crippen molar-refractivity contribution < 1.29 is 14.8 Å². The summed E-state index contributed by atoms with van der Waals surface area (Å²) in [4.78, 5) is 29.8. The number of carbonyl (C=O) groups is 2. The quantitative estimate of drug-likeness (QED) is 0.312. The lowest BCUT2D eigenvalue weighted by atomic mass is 9.99. The molecule has 0 aromatic heterocycles. The fraction of sp³-hybridized carbons (Fsp3) is 0.200. The minimum absolute atomic E-state index is 0.305. The number of benzene rings is 3. The summed E-state index contributed by atoms with van der Waals surface area (Å²) in [6.45, 7) is 3.93. The lowest BCUT2D eigenvalue weighted by Gasteiger charge is -2.38. The molecular formula is C25H24Cl2N4O3. The second-order valence-corrected chi connectivity index (χ2v) is 9.38. The number of halogens is 2. The average molecular weight is 499 g/mol. The lowest BCUT2D eigenvalue weighted by Crippen LogP contribution is -2.58. The van der Waals surface area contributed by atoms with E-state index in [0.29, 0.717) is 33.0 Å². The van der Waals surface area contributed by atoms with E-state index in [0.717, 1.165) is 5.56 Å². The van der Waals surface area contributed by atoms with Gasteiger partial charge >= 0.3 is 12.1 Å². The maximum Gasteiger partial charge on any atom is 0.347 e. The molecule has 0 bridgehead atoms. The van der Waals surface area contributed by atoms with Gasteiger partial charge in [-0.25, -0.2) is 9.59 Å². The molecule has 4 rings (SSSR count). The van der Waals surface area contributed by atoms with Crippen LogP contribution >= 0.6 is 23.2 Å². The van der Waals surface area contributed by atoms with Crippen LogP contribution in [0.4, 0.5) is 21.0 Å². The Labute approximate surface area is 208 Å². The zero-order valence-corrected chi connectivity index (χ0v) is 20.2. The van der Waals surface area contributed by atoms with Crippen LogP contribution in [0.2, 0.25) is 10.0 Å². The zero-order chi connectivity index (χ0) is 24.5. The van der Waals surface area contributed by atoms with Crippen molar-refractivity contribution in [2.75, 3.05) is 10.2 Å². The Morgan fingerprint density at radius 2 is 1.53 bits per heavy atom. The number of nitrogens with one attached hydrogen (secondary N) is 1. The van der Waals surface area contributed by atoms with Gasteiger partial charge in [0.1, 0.15) is 0 Å². The van der Waals surface area contributed by atoms with E-state index in [-0.39, 0.29) is 6.03 Å². The Balaban J connectivity index is 1.69. The van der Waals surface area contributed by atoms with Gasteiger partial charge in [-0.3, -0.25) is 10.1 Å². The summed E-state index contributed by atoms with van der Waals surface area (Å²) in [7, 11) is 0. The Morgan fingerprint density at radius 1 is 0.971 bits per heavy atom. The van der Waals surface area contributed by atoms with E-state index in [1.807, 2.05) is 44.2 Å². The van der Waals surface area contributed by atoms with Gasteiger partial charge < -0.3 is 10.2 Å². The Morgan fingerprint density at radius 3 is 2.12 bits per heavy atom. The highest BCUT2D eigenvalue weighted by atomic mass is 35.5. The van der Waals surface area contributed by atoms with Gasteiger partial charge in [0.2, 0.25) is 0 Å². The SMILES string of the molecule is CC1(C)[C@H](N(O)C(=O)Nc2ccc(Cl)cc2)N(c2ccc(Cl)cc2)C(=O)N1Cc1ccccc1. The van der Waals surface area contributed by atoms with Crippen LogP contribution in [-0.2, 0) is 6.54 Å². The Bertz CT molecular complexity index is 1170. The van der Waals surface area contributed by atoms with Gasteiger partial charge in [0.15, 0.2) is 6.17 Å². The van der Waals surface area contributed by atoms with Gasteiger partial charge in [-0.1, -0.05) is 53.5 Å². The normalized spacial score (nSPS) is 17.1. The summed E-state index contributed by atoms with van der Waals surface area (Å²) in [5.74, 6) is 0. The molecule has 3 aromatic carbocycles. The number of carbonyl (C=O) groups excluding carboxylic acids is 2. The van der Waals surface area contributed by atoms with Crippen molar-refractivity contribution in [1.29, 1.82) is 0 Å². The number of anilines is 2. The monoisotopic (exact) mass is 498 g/mol. The molecule has 0 unspecified atom stereocenters. The molecule has 1 aliphatic heterocycles. The molecule has 0 radical (unpaired) electrons. The lowest BCUT2D eigenvalue weighted by molar-refractivity contribution is -0.0954. The predicted octanol–water partition coefficient (Wildman–Crippen LogP) is 6.46. The molecule has 34 heavy (non-hydrogen) atoms. The van der Waals surface area contributed by atoms with E-state index in [1.54, 1.807) is 53.4 Å². The van der Waals surface area contributed by atoms with Gasteiger partial charge in [0.25, 0.3) is 0 Å². The molecule has 1 atom stereocenters. The van der Waals surface area contributed by atoms with E-state index in [9.17, 15) is 14.8 Å². The van der Waals surface area contributed by atoms with Gasteiger partial charge in [-0.15, -0.1) is 0 Å².